The van der Waals surface area contributed by atoms with E-state index in [-0.39, 0.29) is 18.3 Å². The zero-order chi connectivity index (χ0) is 14.8. The minimum atomic E-state index is -3.52. The van der Waals surface area contributed by atoms with E-state index in [1.807, 2.05) is 6.92 Å². The number of methoxy groups -OCH3 is 1. The topological polar surface area (TPSA) is 83.9 Å². The van der Waals surface area contributed by atoms with E-state index in [4.69, 9.17) is 9.84 Å². The molecule has 1 rings (SSSR count). The Morgan fingerprint density at radius 2 is 2.00 bits per heavy atom. The van der Waals surface area contributed by atoms with Gasteiger partial charge in [0.2, 0.25) is 10.0 Å². The van der Waals surface area contributed by atoms with Gasteiger partial charge in [0.25, 0.3) is 0 Å². The summed E-state index contributed by atoms with van der Waals surface area (Å²) in [6.45, 7) is 5.27. The first-order chi connectivity index (χ1) is 8.59. The van der Waals surface area contributed by atoms with Gasteiger partial charge in [-0.2, -0.15) is 4.31 Å². The van der Waals surface area contributed by atoms with Gasteiger partial charge in [0, 0.05) is 19.7 Å². The first-order valence-electron chi connectivity index (χ1n) is 6.36. The zero-order valence-corrected chi connectivity index (χ0v) is 12.7. The summed E-state index contributed by atoms with van der Waals surface area (Å²) in [6, 6.07) is -0.159. The summed E-state index contributed by atoms with van der Waals surface area (Å²) in [5.41, 5.74) is -0.783. The molecule has 1 heterocycles. The highest BCUT2D eigenvalue weighted by Gasteiger charge is 2.39. The molecular weight excluding hydrogens is 270 g/mol. The fourth-order valence-corrected chi connectivity index (χ4v) is 4.47. The van der Waals surface area contributed by atoms with Crippen LogP contribution in [0.5, 0.6) is 0 Å². The molecule has 0 aliphatic carbocycles. The fraction of sp³-hybridized carbons (Fsp3) is 0.917. The molecule has 0 aromatic rings. The van der Waals surface area contributed by atoms with E-state index in [0.717, 1.165) is 0 Å². The second-order valence-electron chi connectivity index (χ2n) is 5.75. The van der Waals surface area contributed by atoms with Crippen molar-refractivity contribution in [3.63, 3.8) is 0 Å². The summed E-state index contributed by atoms with van der Waals surface area (Å²) in [5.74, 6) is -1.69. The van der Waals surface area contributed by atoms with Crippen LogP contribution < -0.4 is 0 Å². The van der Waals surface area contributed by atoms with Gasteiger partial charge in [0.05, 0.1) is 17.3 Å². The Hall–Kier alpha value is -0.660. The third-order valence-electron chi connectivity index (χ3n) is 3.61. The number of carbonyl (C=O) groups is 1. The van der Waals surface area contributed by atoms with Gasteiger partial charge < -0.3 is 9.84 Å². The van der Waals surface area contributed by atoms with E-state index in [0.29, 0.717) is 12.8 Å². The summed E-state index contributed by atoms with van der Waals surface area (Å²) >= 11 is 0. The van der Waals surface area contributed by atoms with Crippen LogP contribution in [0.1, 0.15) is 33.6 Å². The van der Waals surface area contributed by atoms with Crippen LogP contribution in [0.2, 0.25) is 0 Å². The Kier molecular flexibility index (Phi) is 4.97. The highest BCUT2D eigenvalue weighted by Crippen LogP contribution is 2.26. The summed E-state index contributed by atoms with van der Waals surface area (Å²) in [5, 5.41) is 9.04. The van der Waals surface area contributed by atoms with Crippen molar-refractivity contribution >= 4 is 16.0 Å². The van der Waals surface area contributed by atoms with E-state index in [1.165, 1.54) is 11.4 Å². The van der Waals surface area contributed by atoms with Crippen molar-refractivity contribution in [2.75, 3.05) is 19.4 Å². The van der Waals surface area contributed by atoms with Crippen LogP contribution in [-0.2, 0) is 19.6 Å². The number of hydrogen-bond acceptors (Lipinski definition) is 4. The van der Waals surface area contributed by atoms with Crippen molar-refractivity contribution in [2.24, 2.45) is 5.92 Å². The molecule has 0 amide bonds. The Labute approximate surface area is 114 Å². The van der Waals surface area contributed by atoms with Crippen molar-refractivity contribution in [2.45, 2.75) is 45.3 Å². The van der Waals surface area contributed by atoms with Gasteiger partial charge in [-0.1, -0.05) is 0 Å². The first-order valence-corrected chi connectivity index (χ1v) is 7.97. The Morgan fingerprint density at radius 1 is 1.42 bits per heavy atom. The van der Waals surface area contributed by atoms with Crippen LogP contribution in [0.25, 0.3) is 0 Å². The molecule has 0 saturated carbocycles. The number of aliphatic carboxylic acids is 1. The maximum absolute atomic E-state index is 12.4. The SMILES string of the molecule is COC(C)(C)CS(=O)(=O)N1CC(C(=O)O)CCC1C. The third kappa shape index (κ3) is 4.15. The van der Waals surface area contributed by atoms with Crippen molar-refractivity contribution < 1.29 is 23.1 Å². The molecule has 1 aliphatic heterocycles. The molecule has 0 bridgehead atoms. The number of nitrogens with zero attached hydrogens (tertiary/aromatic N) is 1. The van der Waals surface area contributed by atoms with Gasteiger partial charge >= 0.3 is 5.97 Å². The van der Waals surface area contributed by atoms with E-state index in [1.54, 1.807) is 13.8 Å². The predicted octanol–water partition coefficient (Wildman–Crippen LogP) is 0.926. The number of rotatable bonds is 5. The molecule has 112 valence electrons. The summed E-state index contributed by atoms with van der Waals surface area (Å²) in [6.07, 6.45) is 1.10. The Bertz CT molecular complexity index is 431. The molecule has 6 nitrogen and oxygen atoms in total. The van der Waals surface area contributed by atoms with Crippen LogP contribution in [0.3, 0.4) is 0 Å². The van der Waals surface area contributed by atoms with Crippen LogP contribution in [0.4, 0.5) is 0 Å². The van der Waals surface area contributed by atoms with E-state index in [9.17, 15) is 13.2 Å². The lowest BCUT2D eigenvalue weighted by Gasteiger charge is -2.37. The fourth-order valence-electron chi connectivity index (χ4n) is 2.25. The maximum atomic E-state index is 12.4. The number of piperidine rings is 1. The summed E-state index contributed by atoms with van der Waals surface area (Å²) < 4.78 is 31.3. The van der Waals surface area contributed by atoms with Crippen LogP contribution in [0.15, 0.2) is 0 Å². The average Bonchev–Trinajstić information content (AvgIpc) is 2.27. The maximum Gasteiger partial charge on any atom is 0.307 e. The molecule has 1 aliphatic rings. The standard InChI is InChI=1S/C12H23NO5S/c1-9-5-6-10(11(14)15)7-13(9)19(16,17)8-12(2,3)18-4/h9-10H,5-8H2,1-4H3,(H,14,15). The van der Waals surface area contributed by atoms with Crippen LogP contribution in [0, 0.1) is 5.92 Å². The van der Waals surface area contributed by atoms with E-state index in [2.05, 4.69) is 0 Å². The van der Waals surface area contributed by atoms with Gasteiger partial charge in [-0.3, -0.25) is 4.79 Å². The number of hydrogen-bond donors (Lipinski definition) is 1. The quantitative estimate of drug-likeness (QED) is 0.815. The molecule has 1 N–H and O–H groups in total. The van der Waals surface area contributed by atoms with Gasteiger partial charge in [0.1, 0.15) is 0 Å². The molecule has 1 fully saturated rings. The first kappa shape index (κ1) is 16.4. The van der Waals surface area contributed by atoms with Crippen molar-refractivity contribution in [1.82, 2.24) is 4.31 Å². The van der Waals surface area contributed by atoms with E-state index < -0.39 is 27.5 Å². The zero-order valence-electron chi connectivity index (χ0n) is 11.9. The van der Waals surface area contributed by atoms with Crippen molar-refractivity contribution in [3.05, 3.63) is 0 Å². The second kappa shape index (κ2) is 5.76. The monoisotopic (exact) mass is 293 g/mol. The molecular formula is C12H23NO5S. The number of ether oxygens (including phenoxy) is 1. The lowest BCUT2D eigenvalue weighted by molar-refractivity contribution is -0.143. The number of carboxylic acids is 1. The van der Waals surface area contributed by atoms with Crippen molar-refractivity contribution in [1.29, 1.82) is 0 Å². The smallest absolute Gasteiger partial charge is 0.307 e. The Morgan fingerprint density at radius 3 is 2.47 bits per heavy atom. The molecule has 0 aromatic carbocycles. The number of carboxylic acid groups (broad SMARTS) is 1. The summed E-state index contributed by atoms with van der Waals surface area (Å²) in [7, 11) is -2.06. The average molecular weight is 293 g/mol. The minimum Gasteiger partial charge on any atom is -0.481 e. The molecule has 2 atom stereocenters. The molecule has 0 spiro atoms. The lowest BCUT2D eigenvalue weighted by atomic mass is 9.96. The van der Waals surface area contributed by atoms with Gasteiger partial charge in [0.15, 0.2) is 0 Å². The molecule has 1 saturated heterocycles. The second-order valence-corrected chi connectivity index (χ2v) is 7.67. The highest BCUT2D eigenvalue weighted by atomic mass is 32.2. The largest absolute Gasteiger partial charge is 0.481 e. The van der Waals surface area contributed by atoms with Gasteiger partial charge in [-0.05, 0) is 33.6 Å². The molecule has 0 aromatic heterocycles. The highest BCUT2D eigenvalue weighted by molar-refractivity contribution is 7.89. The minimum absolute atomic E-state index is 0.0542. The summed E-state index contributed by atoms with van der Waals surface area (Å²) in [4.78, 5) is 11.0. The van der Waals surface area contributed by atoms with Crippen LogP contribution >= 0.6 is 0 Å². The molecule has 2 unspecified atom stereocenters. The molecule has 0 radical (unpaired) electrons. The van der Waals surface area contributed by atoms with Crippen LogP contribution in [-0.4, -0.2) is 54.8 Å². The van der Waals surface area contributed by atoms with Gasteiger partial charge in [-0.15, -0.1) is 0 Å². The Balaban J connectivity index is 2.89. The van der Waals surface area contributed by atoms with Crippen molar-refractivity contribution in [3.8, 4) is 0 Å². The predicted molar refractivity (Wildman–Crippen MR) is 71.4 cm³/mol. The number of sulfonamides is 1. The molecule has 7 heteroatoms. The van der Waals surface area contributed by atoms with E-state index >= 15 is 0 Å². The molecule has 19 heavy (non-hydrogen) atoms. The lowest BCUT2D eigenvalue weighted by Crippen LogP contribution is -2.50. The van der Waals surface area contributed by atoms with Gasteiger partial charge in [-0.25, -0.2) is 8.42 Å². The third-order valence-corrected chi connectivity index (χ3v) is 5.90. The normalized spacial score (nSPS) is 26.3.